The van der Waals surface area contributed by atoms with E-state index in [-0.39, 0.29) is 17.6 Å². The molecule has 0 saturated heterocycles. The van der Waals surface area contributed by atoms with E-state index in [1.165, 1.54) is 0 Å². The minimum atomic E-state index is -0.0104. The first-order chi connectivity index (χ1) is 7.74. The molecule has 0 radical (unpaired) electrons. The number of hydrogen-bond acceptors (Lipinski definition) is 3. The van der Waals surface area contributed by atoms with Crippen molar-refractivity contribution < 1.29 is 14.2 Å². The van der Waals surface area contributed by atoms with Crippen LogP contribution < -0.4 is 9.47 Å². The summed E-state index contributed by atoms with van der Waals surface area (Å²) >= 11 is 6.00. The normalized spacial score (nSPS) is 28.3. The average Bonchev–Trinajstić information content (AvgIpc) is 2.30. The zero-order chi connectivity index (χ0) is 11.5. The van der Waals surface area contributed by atoms with E-state index in [4.69, 9.17) is 25.8 Å². The smallest absolute Gasteiger partial charge is 0.128 e. The molecule has 1 saturated carbocycles. The Hall–Kier alpha value is -0.930. The van der Waals surface area contributed by atoms with Gasteiger partial charge in [-0.2, -0.15) is 0 Å². The average molecular weight is 243 g/mol. The molecule has 88 valence electrons. The van der Waals surface area contributed by atoms with Gasteiger partial charge in [0.25, 0.3) is 0 Å². The zero-order valence-corrected chi connectivity index (χ0v) is 10.1. The van der Waals surface area contributed by atoms with Crippen molar-refractivity contribution in [3.63, 3.8) is 0 Å². The third kappa shape index (κ3) is 2.25. The molecule has 4 heteroatoms. The van der Waals surface area contributed by atoms with E-state index >= 15 is 0 Å². The molecule has 3 atom stereocenters. The highest BCUT2D eigenvalue weighted by molar-refractivity contribution is 6.21. The van der Waals surface area contributed by atoms with Gasteiger partial charge in [0, 0.05) is 13.5 Å². The number of halogens is 1. The van der Waals surface area contributed by atoms with Gasteiger partial charge in [-0.1, -0.05) is 0 Å². The molecule has 0 aliphatic heterocycles. The Morgan fingerprint density at radius 1 is 1.12 bits per heavy atom. The molecule has 3 nitrogen and oxygen atoms in total. The summed E-state index contributed by atoms with van der Waals surface area (Å²) in [4.78, 5) is 0. The van der Waals surface area contributed by atoms with Crippen molar-refractivity contribution in [2.24, 2.45) is 0 Å². The molecule has 1 aliphatic rings. The van der Waals surface area contributed by atoms with Gasteiger partial charge in [-0.25, -0.2) is 0 Å². The van der Waals surface area contributed by atoms with Gasteiger partial charge in [0.2, 0.25) is 0 Å². The van der Waals surface area contributed by atoms with Gasteiger partial charge in [0.15, 0.2) is 0 Å². The Morgan fingerprint density at radius 2 is 1.75 bits per heavy atom. The molecule has 2 rings (SSSR count). The Bertz CT molecular complexity index is 339. The summed E-state index contributed by atoms with van der Waals surface area (Å²) in [5.74, 6) is 1.64. The molecule has 3 unspecified atom stereocenters. The molecule has 0 bridgehead atoms. The minimum absolute atomic E-state index is 0.0104. The molecule has 0 heterocycles. The van der Waals surface area contributed by atoms with E-state index in [1.807, 2.05) is 24.3 Å². The Kier molecular flexibility index (Phi) is 3.56. The third-order valence-electron chi connectivity index (χ3n) is 2.80. The van der Waals surface area contributed by atoms with Gasteiger partial charge < -0.3 is 14.2 Å². The second kappa shape index (κ2) is 4.93. The minimum Gasteiger partial charge on any atom is -0.497 e. The lowest BCUT2D eigenvalue weighted by molar-refractivity contribution is -0.0583. The van der Waals surface area contributed by atoms with Crippen LogP contribution in [-0.4, -0.2) is 31.8 Å². The number of methoxy groups -OCH3 is 2. The lowest BCUT2D eigenvalue weighted by Gasteiger charge is -2.39. The number of hydrogen-bond donors (Lipinski definition) is 0. The molecule has 1 aromatic carbocycles. The van der Waals surface area contributed by atoms with Crippen LogP contribution in [0, 0.1) is 0 Å². The van der Waals surface area contributed by atoms with Gasteiger partial charge in [-0.05, 0) is 24.3 Å². The van der Waals surface area contributed by atoms with Crippen molar-refractivity contribution in [3.05, 3.63) is 24.3 Å². The first-order valence-corrected chi connectivity index (χ1v) is 5.66. The van der Waals surface area contributed by atoms with Gasteiger partial charge >= 0.3 is 0 Å². The van der Waals surface area contributed by atoms with E-state index in [9.17, 15) is 0 Å². The Labute approximate surface area is 100 Å². The maximum Gasteiger partial charge on any atom is 0.128 e. The van der Waals surface area contributed by atoms with Crippen LogP contribution in [0.3, 0.4) is 0 Å². The van der Waals surface area contributed by atoms with Crippen LogP contribution in [0.25, 0.3) is 0 Å². The Morgan fingerprint density at radius 3 is 2.25 bits per heavy atom. The van der Waals surface area contributed by atoms with Crippen LogP contribution in [0.1, 0.15) is 6.42 Å². The maximum atomic E-state index is 6.00. The number of ether oxygens (including phenoxy) is 3. The first kappa shape index (κ1) is 11.6. The molecule has 16 heavy (non-hydrogen) atoms. The Balaban J connectivity index is 1.94. The molecule has 1 aliphatic carbocycles. The van der Waals surface area contributed by atoms with Crippen LogP contribution >= 0.6 is 11.6 Å². The lowest BCUT2D eigenvalue weighted by atomic mass is 9.91. The van der Waals surface area contributed by atoms with Gasteiger partial charge in [0.1, 0.15) is 23.7 Å². The number of benzene rings is 1. The second-order valence-corrected chi connectivity index (χ2v) is 4.34. The predicted octanol–water partition coefficient (Wildman–Crippen LogP) is 2.47. The van der Waals surface area contributed by atoms with Crippen molar-refractivity contribution in [2.75, 3.05) is 14.2 Å². The number of rotatable bonds is 4. The summed E-state index contributed by atoms with van der Waals surface area (Å²) in [6.45, 7) is 0. The summed E-state index contributed by atoms with van der Waals surface area (Å²) in [5, 5.41) is 0.0632. The van der Waals surface area contributed by atoms with E-state index in [0.29, 0.717) is 0 Å². The quantitative estimate of drug-likeness (QED) is 0.760. The van der Waals surface area contributed by atoms with E-state index in [0.717, 1.165) is 17.9 Å². The van der Waals surface area contributed by atoms with Gasteiger partial charge in [-0.15, -0.1) is 11.6 Å². The van der Waals surface area contributed by atoms with Gasteiger partial charge in [-0.3, -0.25) is 0 Å². The molecule has 0 amide bonds. The fraction of sp³-hybridized carbons (Fsp3) is 0.500. The van der Waals surface area contributed by atoms with Crippen molar-refractivity contribution in [1.82, 2.24) is 0 Å². The topological polar surface area (TPSA) is 27.7 Å². The molecule has 1 aromatic rings. The highest BCUT2D eigenvalue weighted by Crippen LogP contribution is 2.32. The second-order valence-electron chi connectivity index (χ2n) is 3.78. The molecule has 1 fully saturated rings. The monoisotopic (exact) mass is 242 g/mol. The number of alkyl halides is 1. The van der Waals surface area contributed by atoms with E-state index in [2.05, 4.69) is 0 Å². The van der Waals surface area contributed by atoms with Crippen LogP contribution in [0.5, 0.6) is 11.5 Å². The zero-order valence-electron chi connectivity index (χ0n) is 9.35. The van der Waals surface area contributed by atoms with E-state index in [1.54, 1.807) is 14.2 Å². The third-order valence-corrected chi connectivity index (χ3v) is 3.23. The molecular formula is C12H15ClO3. The van der Waals surface area contributed by atoms with Gasteiger partial charge in [0.05, 0.1) is 12.5 Å². The lowest BCUT2D eigenvalue weighted by Crippen LogP contribution is -2.52. The first-order valence-electron chi connectivity index (χ1n) is 5.22. The molecule has 0 aromatic heterocycles. The van der Waals surface area contributed by atoms with Crippen molar-refractivity contribution in [2.45, 2.75) is 24.0 Å². The summed E-state index contributed by atoms with van der Waals surface area (Å²) in [5.41, 5.74) is 0. The van der Waals surface area contributed by atoms with Crippen LogP contribution in [0.4, 0.5) is 0 Å². The molecule has 0 N–H and O–H groups in total. The van der Waals surface area contributed by atoms with Crippen molar-refractivity contribution in [1.29, 1.82) is 0 Å². The fourth-order valence-corrected chi connectivity index (χ4v) is 2.21. The highest BCUT2D eigenvalue weighted by Gasteiger charge is 2.42. The highest BCUT2D eigenvalue weighted by atomic mass is 35.5. The van der Waals surface area contributed by atoms with Crippen LogP contribution in [-0.2, 0) is 4.74 Å². The van der Waals surface area contributed by atoms with Crippen LogP contribution in [0.2, 0.25) is 0 Å². The van der Waals surface area contributed by atoms with Crippen molar-refractivity contribution >= 4 is 11.6 Å². The summed E-state index contributed by atoms with van der Waals surface area (Å²) in [6.07, 6.45) is 0.871. The SMILES string of the molecule is COc1ccc(OC2CC(Cl)C2OC)cc1. The maximum absolute atomic E-state index is 6.00. The van der Waals surface area contributed by atoms with E-state index < -0.39 is 0 Å². The van der Waals surface area contributed by atoms with Crippen molar-refractivity contribution in [3.8, 4) is 11.5 Å². The standard InChI is InChI=1S/C12H15ClO3/c1-14-8-3-5-9(6-4-8)16-11-7-10(13)12(11)15-2/h3-6,10-12H,7H2,1-2H3. The largest absolute Gasteiger partial charge is 0.497 e. The van der Waals surface area contributed by atoms with Crippen LogP contribution in [0.15, 0.2) is 24.3 Å². The predicted molar refractivity (Wildman–Crippen MR) is 62.5 cm³/mol. The molecule has 0 spiro atoms. The fourth-order valence-electron chi connectivity index (χ4n) is 1.77. The summed E-state index contributed by atoms with van der Waals surface area (Å²) < 4.78 is 16.1. The summed E-state index contributed by atoms with van der Waals surface area (Å²) in [6, 6.07) is 7.50. The molecular weight excluding hydrogens is 228 g/mol. The summed E-state index contributed by atoms with van der Waals surface area (Å²) in [7, 11) is 3.30.